The highest BCUT2D eigenvalue weighted by molar-refractivity contribution is 7.13. The smallest absolute Gasteiger partial charge is 0.345 e. The number of nitrogens with one attached hydrogen (secondary N) is 1. The first-order valence-electron chi connectivity index (χ1n) is 8.32. The first-order valence-corrected chi connectivity index (χ1v) is 9.13. The average molecular weight is 367 g/mol. The van der Waals surface area contributed by atoms with E-state index in [0.717, 1.165) is 22.7 Å². The van der Waals surface area contributed by atoms with Gasteiger partial charge in [-0.15, -0.1) is 11.3 Å². The number of carboxylic acids is 1. The summed E-state index contributed by atoms with van der Waals surface area (Å²) in [5.74, 6) is -0.300. The van der Waals surface area contributed by atoms with E-state index in [2.05, 4.69) is 14.9 Å². The number of fused-ring (bicyclic) bond motifs is 1. The van der Waals surface area contributed by atoms with E-state index in [1.165, 1.54) is 11.3 Å². The van der Waals surface area contributed by atoms with E-state index in [1.54, 1.807) is 6.07 Å². The third kappa shape index (κ3) is 3.31. The number of aromatic carboxylic acids is 1. The van der Waals surface area contributed by atoms with Gasteiger partial charge in [-0.05, 0) is 12.1 Å². The predicted octanol–water partition coefficient (Wildman–Crippen LogP) is 2.75. The number of H-pyrrole nitrogens is 1. The summed E-state index contributed by atoms with van der Waals surface area (Å²) in [7, 11) is 0. The molecular weight excluding hydrogens is 350 g/mol. The molecule has 0 spiro atoms. The standard InChI is InChI=1S/C19H17N3O3S/c23-18-14-11-22(10-13-6-7-16(26-13)19(24)25)9-8-15(14)20-17(21-18)12-4-2-1-3-5-12/h1-7H,8-11H2,(H,24,25)(H,20,21,23). The number of hydrogen-bond donors (Lipinski definition) is 2. The molecule has 0 atom stereocenters. The highest BCUT2D eigenvalue weighted by atomic mass is 32.1. The van der Waals surface area contributed by atoms with Gasteiger partial charge in [0.05, 0.1) is 11.3 Å². The zero-order valence-corrected chi connectivity index (χ0v) is 14.8. The molecule has 0 amide bonds. The molecule has 7 heteroatoms. The van der Waals surface area contributed by atoms with Crippen LogP contribution < -0.4 is 5.56 Å². The Bertz CT molecular complexity index is 1010. The fourth-order valence-corrected chi connectivity index (χ4v) is 4.04. The fraction of sp³-hybridized carbons (Fsp3) is 0.211. The van der Waals surface area contributed by atoms with Crippen LogP contribution in [0.25, 0.3) is 11.4 Å². The number of carboxylic acid groups (broad SMARTS) is 1. The number of hydrogen-bond acceptors (Lipinski definition) is 5. The Labute approximate surface area is 153 Å². The number of aromatic nitrogens is 2. The summed E-state index contributed by atoms with van der Waals surface area (Å²) in [6.45, 7) is 1.95. The molecule has 1 aliphatic heterocycles. The van der Waals surface area contributed by atoms with E-state index in [4.69, 9.17) is 5.11 Å². The largest absolute Gasteiger partial charge is 0.477 e. The van der Waals surface area contributed by atoms with Crippen LogP contribution in [-0.4, -0.2) is 32.5 Å². The maximum absolute atomic E-state index is 12.6. The molecule has 0 fully saturated rings. The second-order valence-corrected chi connectivity index (χ2v) is 7.41. The van der Waals surface area contributed by atoms with Crippen molar-refractivity contribution in [3.8, 4) is 11.4 Å². The van der Waals surface area contributed by atoms with Crippen molar-refractivity contribution in [2.75, 3.05) is 6.54 Å². The Kier molecular flexibility index (Phi) is 4.40. The minimum absolute atomic E-state index is 0.101. The van der Waals surface area contributed by atoms with E-state index in [1.807, 2.05) is 36.4 Å². The molecule has 0 saturated carbocycles. The van der Waals surface area contributed by atoms with Crippen molar-refractivity contribution in [2.24, 2.45) is 0 Å². The second kappa shape index (κ2) is 6.86. The lowest BCUT2D eigenvalue weighted by Crippen LogP contribution is -2.35. The quantitative estimate of drug-likeness (QED) is 0.740. The molecule has 0 bridgehead atoms. The van der Waals surface area contributed by atoms with E-state index in [-0.39, 0.29) is 5.56 Å². The van der Waals surface area contributed by atoms with Crippen LogP contribution in [0.4, 0.5) is 0 Å². The minimum Gasteiger partial charge on any atom is -0.477 e. The van der Waals surface area contributed by atoms with E-state index >= 15 is 0 Å². The Morgan fingerprint density at radius 2 is 2.04 bits per heavy atom. The van der Waals surface area contributed by atoms with Gasteiger partial charge in [-0.3, -0.25) is 9.69 Å². The SMILES string of the molecule is O=C(O)c1ccc(CN2CCc3nc(-c4ccccc4)[nH]c(=O)c3C2)s1. The van der Waals surface area contributed by atoms with Crippen LogP contribution in [-0.2, 0) is 19.5 Å². The lowest BCUT2D eigenvalue weighted by Gasteiger charge is -2.27. The number of carbonyl (C=O) groups is 1. The summed E-state index contributed by atoms with van der Waals surface area (Å²) < 4.78 is 0. The topological polar surface area (TPSA) is 86.3 Å². The van der Waals surface area contributed by atoms with E-state index in [0.29, 0.717) is 35.8 Å². The van der Waals surface area contributed by atoms with Crippen LogP contribution in [0.2, 0.25) is 0 Å². The molecular formula is C19H17N3O3S. The van der Waals surface area contributed by atoms with Crippen molar-refractivity contribution in [3.63, 3.8) is 0 Å². The van der Waals surface area contributed by atoms with Crippen LogP contribution in [0.3, 0.4) is 0 Å². The number of rotatable bonds is 4. The van der Waals surface area contributed by atoms with Crippen LogP contribution in [0.1, 0.15) is 25.8 Å². The normalized spacial score (nSPS) is 14.2. The fourth-order valence-electron chi connectivity index (χ4n) is 3.15. The highest BCUT2D eigenvalue weighted by Crippen LogP contribution is 2.23. The summed E-state index contributed by atoms with van der Waals surface area (Å²) in [5, 5.41) is 9.03. The number of benzene rings is 1. The molecule has 3 aromatic rings. The molecule has 1 aromatic carbocycles. The van der Waals surface area contributed by atoms with Gasteiger partial charge in [-0.2, -0.15) is 0 Å². The number of nitrogens with zero attached hydrogens (tertiary/aromatic N) is 2. The summed E-state index contributed by atoms with van der Waals surface area (Å²) in [6.07, 6.45) is 0.705. The predicted molar refractivity (Wildman–Crippen MR) is 99.4 cm³/mol. The Morgan fingerprint density at radius 1 is 1.23 bits per heavy atom. The molecule has 6 nitrogen and oxygen atoms in total. The second-order valence-electron chi connectivity index (χ2n) is 6.24. The lowest BCUT2D eigenvalue weighted by atomic mass is 10.1. The first kappa shape index (κ1) is 16.7. The summed E-state index contributed by atoms with van der Waals surface area (Å²) in [6, 6.07) is 13.1. The van der Waals surface area contributed by atoms with Crippen molar-refractivity contribution in [1.82, 2.24) is 14.9 Å². The van der Waals surface area contributed by atoms with E-state index < -0.39 is 5.97 Å². The maximum Gasteiger partial charge on any atom is 0.345 e. The molecule has 26 heavy (non-hydrogen) atoms. The maximum atomic E-state index is 12.6. The van der Waals surface area contributed by atoms with Gasteiger partial charge < -0.3 is 10.1 Å². The highest BCUT2D eigenvalue weighted by Gasteiger charge is 2.22. The van der Waals surface area contributed by atoms with Crippen molar-refractivity contribution in [1.29, 1.82) is 0 Å². The molecule has 0 saturated heterocycles. The molecule has 4 rings (SSSR count). The Morgan fingerprint density at radius 3 is 2.77 bits per heavy atom. The van der Waals surface area contributed by atoms with E-state index in [9.17, 15) is 9.59 Å². The molecule has 1 aliphatic rings. The number of aromatic amines is 1. The van der Waals surface area contributed by atoms with Gasteiger partial charge in [-0.25, -0.2) is 9.78 Å². The van der Waals surface area contributed by atoms with Gasteiger partial charge in [0.1, 0.15) is 10.7 Å². The minimum atomic E-state index is -0.903. The van der Waals surface area contributed by atoms with Gasteiger partial charge in [0.2, 0.25) is 0 Å². The zero-order valence-electron chi connectivity index (χ0n) is 13.9. The van der Waals surface area contributed by atoms with Gasteiger partial charge in [0.15, 0.2) is 0 Å². The average Bonchev–Trinajstić information content (AvgIpc) is 3.12. The molecule has 132 valence electrons. The van der Waals surface area contributed by atoms with Crippen molar-refractivity contribution in [3.05, 3.63) is 73.8 Å². The Hall–Kier alpha value is -2.77. The lowest BCUT2D eigenvalue weighted by molar-refractivity contribution is 0.0702. The summed E-state index contributed by atoms with van der Waals surface area (Å²) in [4.78, 5) is 34.6. The first-order chi connectivity index (χ1) is 12.6. The van der Waals surface area contributed by atoms with Gasteiger partial charge >= 0.3 is 5.97 Å². The van der Waals surface area contributed by atoms with Gasteiger partial charge in [-0.1, -0.05) is 30.3 Å². The summed E-state index contributed by atoms with van der Waals surface area (Å²) >= 11 is 1.28. The van der Waals surface area contributed by atoms with Gasteiger partial charge in [0, 0.05) is 36.5 Å². The number of thiophene rings is 1. The van der Waals surface area contributed by atoms with Crippen LogP contribution in [0, 0.1) is 0 Å². The van der Waals surface area contributed by atoms with Crippen molar-refractivity contribution in [2.45, 2.75) is 19.5 Å². The monoisotopic (exact) mass is 367 g/mol. The third-order valence-corrected chi connectivity index (χ3v) is 5.50. The van der Waals surface area contributed by atoms with Crippen molar-refractivity contribution < 1.29 is 9.90 Å². The van der Waals surface area contributed by atoms with Crippen LogP contribution >= 0.6 is 11.3 Å². The molecule has 2 N–H and O–H groups in total. The molecule has 2 aromatic heterocycles. The zero-order chi connectivity index (χ0) is 18.1. The van der Waals surface area contributed by atoms with Crippen molar-refractivity contribution >= 4 is 17.3 Å². The van der Waals surface area contributed by atoms with Crippen LogP contribution in [0.15, 0.2) is 47.3 Å². The molecule has 0 unspecified atom stereocenters. The third-order valence-electron chi connectivity index (χ3n) is 4.45. The van der Waals surface area contributed by atoms with Gasteiger partial charge in [0.25, 0.3) is 5.56 Å². The van der Waals surface area contributed by atoms with Crippen LogP contribution in [0.5, 0.6) is 0 Å². The molecule has 0 aliphatic carbocycles. The Balaban J connectivity index is 1.55. The molecule has 0 radical (unpaired) electrons. The summed E-state index contributed by atoms with van der Waals surface area (Å²) in [5.41, 5.74) is 2.35. The molecule has 3 heterocycles.